The van der Waals surface area contributed by atoms with Crippen molar-refractivity contribution >= 4 is 40.6 Å². The van der Waals surface area contributed by atoms with Crippen LogP contribution in [0.1, 0.15) is 62.8 Å². The van der Waals surface area contributed by atoms with Gasteiger partial charge in [-0.15, -0.1) is 13.2 Å². The second-order valence-corrected chi connectivity index (χ2v) is 12.2. The number of ether oxygens (including phenoxy) is 2. The van der Waals surface area contributed by atoms with Gasteiger partial charge in [-0.3, -0.25) is 4.79 Å². The Labute approximate surface area is 268 Å². The molecule has 5 rings (SSSR count). The number of hydrogen-bond acceptors (Lipinski definition) is 7. The van der Waals surface area contributed by atoms with Crippen LogP contribution in [0.5, 0.6) is 11.5 Å². The van der Waals surface area contributed by atoms with Crippen molar-refractivity contribution in [1.82, 2.24) is 0 Å². The average molecular weight is 660 g/mol. The first-order valence-corrected chi connectivity index (χ1v) is 14.9. The molecule has 46 heavy (non-hydrogen) atoms. The summed E-state index contributed by atoms with van der Waals surface area (Å²) < 4.78 is 49.0. The van der Waals surface area contributed by atoms with Gasteiger partial charge in [-0.2, -0.15) is 0 Å². The standard InChI is InChI=1S/C33H33ClF3N3O6/c1-5-26(39-46-31(2,3)30(42)43)20-14-22(16-24(15-20)44-4)38-28(19-6-8-21(34)9-7-19)29(41)40-18-32(12-13-32)25-11-10-23(17-27(25)40)45-33(35,36)37/h6-11,14-17,28,38H,5,12-13,18H2,1-4H3,(H,42,43)/b39-26+. The Kier molecular flexibility index (Phi) is 8.87. The smallest absolute Gasteiger partial charge is 0.497 e. The van der Waals surface area contributed by atoms with Crippen LogP contribution < -0.4 is 19.7 Å². The summed E-state index contributed by atoms with van der Waals surface area (Å²) in [4.78, 5) is 32.9. The van der Waals surface area contributed by atoms with Crippen LogP contribution in [0.15, 0.2) is 65.8 Å². The zero-order chi connectivity index (χ0) is 33.4. The monoisotopic (exact) mass is 659 g/mol. The number of nitrogens with one attached hydrogen (secondary N) is 1. The highest BCUT2D eigenvalue weighted by Gasteiger charge is 2.54. The summed E-state index contributed by atoms with van der Waals surface area (Å²) in [5, 5.41) is 17.3. The van der Waals surface area contributed by atoms with Gasteiger partial charge in [0, 0.05) is 40.4 Å². The van der Waals surface area contributed by atoms with Gasteiger partial charge >= 0.3 is 12.3 Å². The number of hydrogen-bond donors (Lipinski definition) is 2. The Morgan fingerprint density at radius 3 is 2.35 bits per heavy atom. The summed E-state index contributed by atoms with van der Waals surface area (Å²) in [7, 11) is 1.48. The van der Waals surface area contributed by atoms with Crippen molar-refractivity contribution < 1.29 is 42.2 Å². The van der Waals surface area contributed by atoms with Crippen molar-refractivity contribution in [3.05, 3.63) is 82.4 Å². The van der Waals surface area contributed by atoms with Crippen LogP contribution in [0, 0.1) is 0 Å². The highest BCUT2D eigenvalue weighted by Crippen LogP contribution is 2.57. The molecule has 0 bridgehead atoms. The summed E-state index contributed by atoms with van der Waals surface area (Å²) in [5.74, 6) is -1.55. The summed E-state index contributed by atoms with van der Waals surface area (Å²) in [6.45, 7) is 4.91. The molecular weight excluding hydrogens is 627 g/mol. The van der Waals surface area contributed by atoms with E-state index in [4.69, 9.17) is 21.2 Å². The number of alkyl halides is 3. The molecule has 0 aromatic heterocycles. The van der Waals surface area contributed by atoms with Crippen molar-refractivity contribution in [3.63, 3.8) is 0 Å². The minimum absolute atomic E-state index is 0.314. The van der Waals surface area contributed by atoms with E-state index in [1.807, 2.05) is 6.92 Å². The van der Waals surface area contributed by atoms with Crippen molar-refractivity contribution in [2.75, 3.05) is 23.9 Å². The van der Waals surface area contributed by atoms with Crippen molar-refractivity contribution in [1.29, 1.82) is 0 Å². The van der Waals surface area contributed by atoms with Gasteiger partial charge in [0.1, 0.15) is 17.5 Å². The van der Waals surface area contributed by atoms with Gasteiger partial charge in [0.2, 0.25) is 5.60 Å². The third-order valence-corrected chi connectivity index (χ3v) is 8.37. The number of amides is 1. The van der Waals surface area contributed by atoms with Crippen LogP contribution in [-0.2, 0) is 19.8 Å². The number of benzene rings is 3. The molecule has 1 heterocycles. The topological polar surface area (TPSA) is 110 Å². The Morgan fingerprint density at radius 1 is 1.07 bits per heavy atom. The molecule has 1 fully saturated rings. The first kappa shape index (κ1) is 32.9. The van der Waals surface area contributed by atoms with Crippen LogP contribution in [0.25, 0.3) is 0 Å². The van der Waals surface area contributed by atoms with E-state index in [9.17, 15) is 27.9 Å². The van der Waals surface area contributed by atoms with E-state index in [0.29, 0.717) is 52.0 Å². The zero-order valence-corrected chi connectivity index (χ0v) is 26.3. The fraction of sp³-hybridized carbons (Fsp3) is 0.364. The van der Waals surface area contributed by atoms with Gasteiger partial charge < -0.3 is 29.6 Å². The minimum atomic E-state index is -4.88. The number of carboxylic acid groups (broad SMARTS) is 1. The van der Waals surface area contributed by atoms with Crippen molar-refractivity contribution in [2.24, 2.45) is 5.16 Å². The molecule has 244 valence electrons. The molecule has 1 atom stereocenters. The van der Waals surface area contributed by atoms with Crippen LogP contribution in [0.3, 0.4) is 0 Å². The molecule has 0 radical (unpaired) electrons. The van der Waals surface area contributed by atoms with Gasteiger partial charge in [0.25, 0.3) is 5.91 Å². The molecular formula is C33H33ClF3N3O6. The maximum absolute atomic E-state index is 14.5. The predicted octanol–water partition coefficient (Wildman–Crippen LogP) is 7.47. The second kappa shape index (κ2) is 12.4. The summed E-state index contributed by atoms with van der Waals surface area (Å²) >= 11 is 6.16. The fourth-order valence-corrected chi connectivity index (χ4v) is 5.52. The van der Waals surface area contributed by atoms with Crippen molar-refractivity contribution in [2.45, 2.75) is 63.5 Å². The first-order valence-electron chi connectivity index (χ1n) is 14.6. The molecule has 0 saturated heterocycles. The molecule has 2 N–H and O–H groups in total. The maximum atomic E-state index is 14.5. The average Bonchev–Trinajstić information content (AvgIpc) is 3.71. The molecule has 1 aliphatic carbocycles. The van der Waals surface area contributed by atoms with Gasteiger partial charge in [-0.25, -0.2) is 4.79 Å². The third-order valence-electron chi connectivity index (χ3n) is 8.12. The largest absolute Gasteiger partial charge is 0.573 e. The van der Waals surface area contributed by atoms with Gasteiger partial charge in [-0.1, -0.05) is 41.9 Å². The lowest BCUT2D eigenvalue weighted by Gasteiger charge is -2.27. The van der Waals surface area contributed by atoms with Gasteiger partial charge in [-0.05, 0) is 74.6 Å². The number of oxime groups is 1. The molecule has 3 aromatic rings. The lowest BCUT2D eigenvalue weighted by atomic mass is 9.99. The SMILES string of the molecule is CC/C(=N\OC(C)(C)C(=O)O)c1cc(NC(C(=O)N2CC3(CC3)c3ccc(OC(F)(F)F)cc32)c2ccc(Cl)cc2)cc(OC)c1. The van der Waals surface area contributed by atoms with Crippen LogP contribution in [-0.4, -0.2) is 48.3 Å². The van der Waals surface area contributed by atoms with E-state index >= 15 is 0 Å². The quantitative estimate of drug-likeness (QED) is 0.162. The van der Waals surface area contributed by atoms with E-state index < -0.39 is 35.6 Å². The molecule has 1 saturated carbocycles. The number of carbonyl (C=O) groups is 2. The highest BCUT2D eigenvalue weighted by atomic mass is 35.5. The molecule has 3 aromatic carbocycles. The summed E-state index contributed by atoms with van der Waals surface area (Å²) in [5.41, 5.74) is 1.33. The Bertz CT molecular complexity index is 1670. The summed E-state index contributed by atoms with van der Waals surface area (Å²) in [6.07, 6.45) is -2.88. The molecule has 1 aliphatic heterocycles. The Hall–Kier alpha value is -4.45. The van der Waals surface area contributed by atoms with Gasteiger partial charge in [0.05, 0.1) is 18.5 Å². The van der Waals surface area contributed by atoms with E-state index in [1.54, 1.807) is 48.5 Å². The second-order valence-electron chi connectivity index (χ2n) is 11.8. The Morgan fingerprint density at radius 2 is 1.76 bits per heavy atom. The molecule has 13 heteroatoms. The molecule has 1 amide bonds. The zero-order valence-electron chi connectivity index (χ0n) is 25.6. The molecule has 9 nitrogen and oxygen atoms in total. The number of halogens is 4. The van der Waals surface area contributed by atoms with E-state index in [0.717, 1.165) is 18.4 Å². The van der Waals surface area contributed by atoms with E-state index in [2.05, 4.69) is 15.2 Å². The number of nitrogens with zero attached hydrogens (tertiary/aromatic N) is 2. The molecule has 1 unspecified atom stereocenters. The van der Waals surface area contributed by atoms with Crippen LogP contribution in [0.2, 0.25) is 5.02 Å². The minimum Gasteiger partial charge on any atom is -0.497 e. The van der Waals surface area contributed by atoms with Crippen molar-refractivity contribution in [3.8, 4) is 11.5 Å². The lowest BCUT2D eigenvalue weighted by Crippen LogP contribution is -2.38. The predicted molar refractivity (Wildman–Crippen MR) is 167 cm³/mol. The number of carbonyl (C=O) groups excluding carboxylic acids is 1. The maximum Gasteiger partial charge on any atom is 0.573 e. The Balaban J connectivity index is 1.53. The van der Waals surface area contributed by atoms with Gasteiger partial charge in [0.15, 0.2) is 0 Å². The molecule has 2 aliphatic rings. The molecule has 1 spiro atoms. The van der Waals surface area contributed by atoms with E-state index in [-0.39, 0.29) is 5.41 Å². The number of fused-ring (bicyclic) bond motifs is 2. The number of methoxy groups -OCH3 is 1. The number of carboxylic acids is 1. The van der Waals surface area contributed by atoms with Crippen LogP contribution in [0.4, 0.5) is 24.5 Å². The number of aliphatic carboxylic acids is 1. The first-order chi connectivity index (χ1) is 21.6. The third kappa shape index (κ3) is 7.01. The highest BCUT2D eigenvalue weighted by molar-refractivity contribution is 6.30. The lowest BCUT2D eigenvalue weighted by molar-refractivity contribution is -0.274. The number of rotatable bonds is 11. The fourth-order valence-electron chi connectivity index (χ4n) is 5.39. The van der Waals surface area contributed by atoms with Crippen LogP contribution >= 0.6 is 11.6 Å². The normalized spacial score (nSPS) is 16.1. The van der Waals surface area contributed by atoms with E-state index in [1.165, 1.54) is 38.0 Å². The number of anilines is 2. The summed E-state index contributed by atoms with van der Waals surface area (Å²) in [6, 6.07) is 15.0.